The summed E-state index contributed by atoms with van der Waals surface area (Å²) >= 11 is 0. The molecule has 1 amide bonds. The highest BCUT2D eigenvalue weighted by Gasteiger charge is 2.28. The second-order valence-electron chi connectivity index (χ2n) is 3.15. The molecule has 1 saturated heterocycles. The maximum atomic E-state index is 10.9. The molecule has 0 aromatic heterocycles. The van der Waals surface area contributed by atoms with E-state index in [-0.39, 0.29) is 12.2 Å². The van der Waals surface area contributed by atoms with Crippen molar-refractivity contribution in [3.05, 3.63) is 0 Å². The van der Waals surface area contributed by atoms with Crippen molar-refractivity contribution in [2.24, 2.45) is 0 Å². The maximum Gasteiger partial charge on any atom is 0.410 e. The van der Waals surface area contributed by atoms with Crippen LogP contribution < -0.4 is 0 Å². The van der Waals surface area contributed by atoms with Crippen molar-refractivity contribution in [2.75, 3.05) is 34.2 Å². The zero-order chi connectivity index (χ0) is 8.43. The zero-order valence-corrected chi connectivity index (χ0v) is 7.20. The van der Waals surface area contributed by atoms with Gasteiger partial charge in [-0.2, -0.15) is 0 Å². The highest BCUT2D eigenvalue weighted by Crippen LogP contribution is 2.08. The van der Waals surface area contributed by atoms with Gasteiger partial charge in [0.1, 0.15) is 6.10 Å². The predicted octanol–water partition coefficient (Wildman–Crippen LogP) is -0.00140. The first-order chi connectivity index (χ1) is 5.09. The molecule has 64 valence electrons. The van der Waals surface area contributed by atoms with E-state index in [1.54, 1.807) is 11.9 Å². The molecular formula is C7H14N2O2. The van der Waals surface area contributed by atoms with E-state index in [9.17, 15) is 4.79 Å². The lowest BCUT2D eigenvalue weighted by atomic mass is 10.3. The van der Waals surface area contributed by atoms with Crippen molar-refractivity contribution in [1.82, 2.24) is 9.80 Å². The highest BCUT2D eigenvalue weighted by atomic mass is 16.6. The Morgan fingerprint density at radius 1 is 1.73 bits per heavy atom. The number of amides is 1. The Bertz CT molecular complexity index is 159. The molecule has 0 N–H and O–H groups in total. The minimum Gasteiger partial charge on any atom is -0.443 e. The number of carbonyl (C=O) groups excluding carboxylic acids is 1. The molecule has 1 heterocycles. The average Bonchev–Trinajstić information content (AvgIpc) is 2.10. The minimum absolute atomic E-state index is 0.0440. The Labute approximate surface area is 66.7 Å². The quantitative estimate of drug-likeness (QED) is 0.567. The van der Waals surface area contributed by atoms with E-state index in [1.165, 1.54) is 0 Å². The number of cyclic esters (lactones) is 1. The van der Waals surface area contributed by atoms with Crippen molar-refractivity contribution in [1.29, 1.82) is 0 Å². The van der Waals surface area contributed by atoms with Gasteiger partial charge in [0, 0.05) is 13.6 Å². The van der Waals surface area contributed by atoms with Crippen molar-refractivity contribution in [3.8, 4) is 0 Å². The molecule has 0 aromatic carbocycles. The monoisotopic (exact) mass is 158 g/mol. The van der Waals surface area contributed by atoms with Crippen molar-refractivity contribution in [3.63, 3.8) is 0 Å². The highest BCUT2D eigenvalue weighted by molar-refractivity contribution is 5.69. The Morgan fingerprint density at radius 3 is 2.73 bits per heavy atom. The summed E-state index contributed by atoms with van der Waals surface area (Å²) in [6.45, 7) is 1.51. The molecule has 0 aromatic rings. The number of nitrogens with zero attached hydrogens (tertiary/aromatic N) is 2. The number of rotatable bonds is 2. The first-order valence-corrected chi connectivity index (χ1v) is 3.66. The maximum absolute atomic E-state index is 10.9. The van der Waals surface area contributed by atoms with Gasteiger partial charge in [0.05, 0.1) is 6.54 Å². The Kier molecular flexibility index (Phi) is 2.34. The molecular weight excluding hydrogens is 144 g/mol. The van der Waals surface area contributed by atoms with E-state index >= 15 is 0 Å². The van der Waals surface area contributed by atoms with E-state index < -0.39 is 0 Å². The largest absolute Gasteiger partial charge is 0.443 e. The van der Waals surface area contributed by atoms with Crippen molar-refractivity contribution < 1.29 is 9.53 Å². The Hall–Kier alpha value is -0.770. The minimum atomic E-state index is -0.211. The first kappa shape index (κ1) is 8.33. The number of hydrogen-bond acceptors (Lipinski definition) is 3. The fourth-order valence-corrected chi connectivity index (χ4v) is 1.15. The zero-order valence-electron chi connectivity index (χ0n) is 7.20. The summed E-state index contributed by atoms with van der Waals surface area (Å²) in [5.41, 5.74) is 0. The van der Waals surface area contributed by atoms with E-state index in [1.807, 2.05) is 19.0 Å². The third kappa shape index (κ3) is 2.08. The average molecular weight is 158 g/mol. The van der Waals surface area contributed by atoms with Gasteiger partial charge in [-0.05, 0) is 14.1 Å². The summed E-state index contributed by atoms with van der Waals surface area (Å²) in [6, 6.07) is 0. The van der Waals surface area contributed by atoms with Crippen LogP contribution in [-0.2, 0) is 4.74 Å². The van der Waals surface area contributed by atoms with E-state index in [4.69, 9.17) is 4.74 Å². The molecule has 0 spiro atoms. The van der Waals surface area contributed by atoms with Crippen LogP contribution in [0.1, 0.15) is 0 Å². The van der Waals surface area contributed by atoms with Gasteiger partial charge in [0.25, 0.3) is 0 Å². The van der Waals surface area contributed by atoms with E-state index in [0.29, 0.717) is 6.54 Å². The molecule has 1 aliphatic heterocycles. The summed E-state index contributed by atoms with van der Waals surface area (Å²) < 4.78 is 5.03. The molecule has 1 rings (SSSR count). The molecule has 0 radical (unpaired) electrons. The van der Waals surface area contributed by atoms with Crippen LogP contribution in [0.2, 0.25) is 0 Å². The lowest BCUT2D eigenvalue weighted by Crippen LogP contribution is -2.28. The Balaban J connectivity index is 2.35. The van der Waals surface area contributed by atoms with Crippen LogP contribution in [0, 0.1) is 0 Å². The van der Waals surface area contributed by atoms with Crippen LogP contribution in [0.25, 0.3) is 0 Å². The summed E-state index contributed by atoms with van der Waals surface area (Å²) in [7, 11) is 5.68. The number of hydrogen-bond donors (Lipinski definition) is 0. The lowest BCUT2D eigenvalue weighted by Gasteiger charge is -2.13. The Morgan fingerprint density at radius 2 is 2.36 bits per heavy atom. The van der Waals surface area contributed by atoms with Crippen LogP contribution in [0.4, 0.5) is 4.79 Å². The van der Waals surface area contributed by atoms with Crippen LogP contribution in [0.5, 0.6) is 0 Å². The van der Waals surface area contributed by atoms with Gasteiger partial charge >= 0.3 is 6.09 Å². The molecule has 4 heteroatoms. The SMILES string of the molecule is CN(C)CC1CN(C)C(=O)O1. The van der Waals surface area contributed by atoms with Gasteiger partial charge in [0.2, 0.25) is 0 Å². The van der Waals surface area contributed by atoms with Crippen LogP contribution in [0.15, 0.2) is 0 Å². The third-order valence-electron chi connectivity index (χ3n) is 1.63. The first-order valence-electron chi connectivity index (χ1n) is 3.66. The predicted molar refractivity (Wildman–Crippen MR) is 41.5 cm³/mol. The molecule has 1 unspecified atom stereocenters. The number of ether oxygens (including phenoxy) is 1. The van der Waals surface area contributed by atoms with Crippen LogP contribution in [0.3, 0.4) is 0 Å². The fourth-order valence-electron chi connectivity index (χ4n) is 1.15. The molecule has 1 atom stereocenters. The smallest absolute Gasteiger partial charge is 0.410 e. The molecule has 11 heavy (non-hydrogen) atoms. The fraction of sp³-hybridized carbons (Fsp3) is 0.857. The summed E-state index contributed by atoms with van der Waals surface area (Å²) in [5, 5.41) is 0. The number of carbonyl (C=O) groups is 1. The third-order valence-corrected chi connectivity index (χ3v) is 1.63. The van der Waals surface area contributed by atoms with Crippen molar-refractivity contribution >= 4 is 6.09 Å². The molecule has 1 aliphatic rings. The summed E-state index contributed by atoms with van der Waals surface area (Å²) in [5.74, 6) is 0. The van der Waals surface area contributed by atoms with Crippen LogP contribution in [-0.4, -0.2) is 56.2 Å². The standard InChI is InChI=1S/C7H14N2O2/c1-8(2)4-6-5-9(3)7(10)11-6/h6H,4-5H2,1-3H3. The normalized spacial score (nSPS) is 24.5. The van der Waals surface area contributed by atoms with Gasteiger partial charge in [0.15, 0.2) is 0 Å². The van der Waals surface area contributed by atoms with Gasteiger partial charge in [-0.15, -0.1) is 0 Å². The molecule has 0 aliphatic carbocycles. The molecule has 0 bridgehead atoms. The summed E-state index contributed by atoms with van der Waals surface area (Å²) in [6.07, 6.45) is -0.167. The second-order valence-corrected chi connectivity index (χ2v) is 3.15. The second kappa shape index (κ2) is 3.09. The van der Waals surface area contributed by atoms with Gasteiger partial charge < -0.3 is 14.5 Å². The number of likely N-dealkylation sites (N-methyl/N-ethyl adjacent to an activating group) is 2. The van der Waals surface area contributed by atoms with Gasteiger partial charge in [-0.3, -0.25) is 0 Å². The van der Waals surface area contributed by atoms with Gasteiger partial charge in [-0.1, -0.05) is 0 Å². The molecule has 0 saturated carbocycles. The topological polar surface area (TPSA) is 32.8 Å². The molecule has 4 nitrogen and oxygen atoms in total. The van der Waals surface area contributed by atoms with Gasteiger partial charge in [-0.25, -0.2) is 4.79 Å². The van der Waals surface area contributed by atoms with E-state index in [2.05, 4.69) is 0 Å². The summed E-state index contributed by atoms with van der Waals surface area (Å²) in [4.78, 5) is 14.5. The van der Waals surface area contributed by atoms with Crippen molar-refractivity contribution in [2.45, 2.75) is 6.10 Å². The lowest BCUT2D eigenvalue weighted by molar-refractivity contribution is 0.119. The molecule has 1 fully saturated rings. The van der Waals surface area contributed by atoms with Crippen LogP contribution >= 0.6 is 0 Å². The van der Waals surface area contributed by atoms with E-state index in [0.717, 1.165) is 6.54 Å².